The molecule has 2 heterocycles. The van der Waals surface area contributed by atoms with E-state index in [4.69, 9.17) is 11.1 Å². The van der Waals surface area contributed by atoms with Crippen LogP contribution in [0.1, 0.15) is 30.5 Å². The van der Waals surface area contributed by atoms with Gasteiger partial charge >= 0.3 is 0 Å². The van der Waals surface area contributed by atoms with Crippen LogP contribution in [0.15, 0.2) is 177 Å². The lowest BCUT2D eigenvalue weighted by Crippen LogP contribution is -2.11. The number of anilines is 3. The zero-order valence-corrected chi connectivity index (χ0v) is 29.2. The van der Waals surface area contributed by atoms with Gasteiger partial charge in [-0.1, -0.05) is 152 Å². The number of rotatable bonds is 3. The first-order chi connectivity index (χ1) is 25.5. The average Bonchev–Trinajstić information content (AvgIpc) is 3.48. The molecule has 0 saturated heterocycles. The van der Waals surface area contributed by atoms with Crippen LogP contribution >= 0.6 is 0 Å². The van der Waals surface area contributed by atoms with Gasteiger partial charge in [0.25, 0.3) is 0 Å². The molecule has 0 spiro atoms. The average molecular weight is 679 g/mol. The van der Waals surface area contributed by atoms with Crippen LogP contribution in [-0.2, 0) is 0 Å². The van der Waals surface area contributed by atoms with Gasteiger partial charge < -0.3 is 10.6 Å². The van der Waals surface area contributed by atoms with Crippen LogP contribution in [-0.4, -0.2) is 10.5 Å². The summed E-state index contributed by atoms with van der Waals surface area (Å²) >= 11 is 0. The predicted octanol–water partition coefficient (Wildman–Crippen LogP) is 12.8. The van der Waals surface area contributed by atoms with Crippen molar-refractivity contribution in [1.82, 2.24) is 4.79 Å². The first-order valence-electron chi connectivity index (χ1n) is 17.5. The second-order valence-electron chi connectivity index (χ2n) is 12.3. The molecule has 1 aromatic heterocycles. The van der Waals surface area contributed by atoms with Crippen molar-refractivity contribution in [3.8, 4) is 0 Å². The van der Waals surface area contributed by atoms with Gasteiger partial charge in [-0.05, 0) is 63.5 Å². The highest BCUT2D eigenvalue weighted by molar-refractivity contribution is 6.25. The minimum absolute atomic E-state index is 0.469. The molecule has 0 bridgehead atoms. The van der Waals surface area contributed by atoms with Crippen LogP contribution in [0.25, 0.3) is 48.9 Å². The summed E-state index contributed by atoms with van der Waals surface area (Å²) in [4.78, 5) is 2.84. The van der Waals surface area contributed by atoms with Gasteiger partial charge in [-0.2, -0.15) is 4.79 Å². The monoisotopic (exact) mass is 678 g/mol. The molecule has 9 rings (SSSR count). The normalized spacial score (nSPS) is 13.4. The van der Waals surface area contributed by atoms with Crippen LogP contribution in [0.4, 0.5) is 21.5 Å². The van der Waals surface area contributed by atoms with Crippen LogP contribution in [0, 0.1) is 5.41 Å². The van der Waals surface area contributed by atoms with E-state index in [0.29, 0.717) is 22.4 Å². The van der Waals surface area contributed by atoms with E-state index in [0.717, 1.165) is 70.7 Å². The van der Waals surface area contributed by atoms with Gasteiger partial charge in [0.2, 0.25) is 0 Å². The van der Waals surface area contributed by atoms with Crippen molar-refractivity contribution in [3.05, 3.63) is 193 Å². The molecule has 52 heavy (non-hydrogen) atoms. The Morgan fingerprint density at radius 2 is 1.27 bits per heavy atom. The molecule has 1 aliphatic heterocycles. The number of nitrogens with two attached hydrogens (primary N) is 1. The fraction of sp³-hybridized carbons (Fsp3) is 0.0426. The number of hydrogen-bond acceptors (Lipinski definition) is 3. The molecular weight excluding hydrogens is 640 g/mol. The summed E-state index contributed by atoms with van der Waals surface area (Å²) in [7, 11) is 0. The van der Waals surface area contributed by atoms with Crippen molar-refractivity contribution in [3.63, 3.8) is 0 Å². The SMILES string of the molecule is C=C1/C=C\C=C/N(c2ccc3c4ccccc4n(F)c3c2)c2ccccc21.CC.N=C(c1cccc2ccccc12)c1c(N)ccc2ccccc12. The topological polar surface area (TPSA) is 58.0 Å². The smallest absolute Gasteiger partial charge is 0.0847 e. The molecule has 0 aliphatic carbocycles. The Hall–Kier alpha value is -6.72. The highest BCUT2D eigenvalue weighted by Gasteiger charge is 2.17. The quantitative estimate of drug-likeness (QED) is 0.144. The van der Waals surface area contributed by atoms with Crippen LogP contribution in [0.2, 0.25) is 0 Å². The number of halogens is 1. The third-order valence-corrected chi connectivity index (χ3v) is 9.30. The summed E-state index contributed by atoms with van der Waals surface area (Å²) in [6.07, 6.45) is 7.93. The Morgan fingerprint density at radius 1 is 0.635 bits per heavy atom. The van der Waals surface area contributed by atoms with E-state index < -0.39 is 0 Å². The predicted molar refractivity (Wildman–Crippen MR) is 221 cm³/mol. The Bertz CT molecular complexity index is 2670. The molecule has 7 aromatic carbocycles. The van der Waals surface area contributed by atoms with Crippen molar-refractivity contribution in [1.29, 1.82) is 5.41 Å². The van der Waals surface area contributed by atoms with E-state index in [1.165, 1.54) is 0 Å². The maximum absolute atomic E-state index is 14.9. The third-order valence-electron chi connectivity index (χ3n) is 9.30. The van der Waals surface area contributed by atoms with Crippen molar-refractivity contribution in [2.75, 3.05) is 10.6 Å². The lowest BCUT2D eigenvalue weighted by Gasteiger charge is -2.25. The largest absolute Gasteiger partial charge is 0.398 e. The summed E-state index contributed by atoms with van der Waals surface area (Å²) in [5, 5.41) is 14.9. The zero-order chi connectivity index (χ0) is 36.2. The summed E-state index contributed by atoms with van der Waals surface area (Å²) in [6.45, 7) is 8.17. The molecule has 0 amide bonds. The Kier molecular flexibility index (Phi) is 9.50. The highest BCUT2D eigenvalue weighted by atomic mass is 19.2. The number of nitrogens with one attached hydrogen (secondary N) is 1. The van der Waals surface area contributed by atoms with Crippen LogP contribution < -0.4 is 10.6 Å². The van der Waals surface area contributed by atoms with Crippen molar-refractivity contribution < 1.29 is 4.48 Å². The minimum Gasteiger partial charge on any atom is -0.398 e. The Labute approximate surface area is 303 Å². The van der Waals surface area contributed by atoms with Crippen molar-refractivity contribution in [2.24, 2.45) is 0 Å². The lowest BCUT2D eigenvalue weighted by atomic mass is 9.92. The van der Waals surface area contributed by atoms with E-state index in [2.05, 4.69) is 47.9 Å². The molecular formula is C47H39FN4. The number of nitrogens with zero attached hydrogens (tertiary/aromatic N) is 2. The molecule has 0 unspecified atom stereocenters. The van der Waals surface area contributed by atoms with Gasteiger partial charge in [0, 0.05) is 45.0 Å². The number of aromatic nitrogens is 1. The molecule has 4 nitrogen and oxygen atoms in total. The molecule has 0 fully saturated rings. The summed E-state index contributed by atoms with van der Waals surface area (Å²) in [5.41, 5.74) is 14.1. The maximum Gasteiger partial charge on any atom is 0.0847 e. The standard InChI is InChI=1S/C24H17FN2.C21H16N2.C2H6/c1-17-8-6-7-15-26(22-11-4-2-9-19(17)22)18-13-14-21-20-10-3-5-12-23(20)27(25)24(21)16-18;22-19-13-12-15-7-2-4-10-17(15)20(19)21(23)18-11-5-8-14-6-1-3-9-16(14)18;1-2/h2-16H,1H2;1-13,23H,22H2;1-2H3/b8-6-,15-7-;;. The molecule has 5 heteroatoms. The van der Waals surface area contributed by atoms with Crippen molar-refractivity contribution in [2.45, 2.75) is 13.8 Å². The fourth-order valence-corrected chi connectivity index (χ4v) is 6.87. The van der Waals surface area contributed by atoms with E-state index >= 15 is 0 Å². The summed E-state index contributed by atoms with van der Waals surface area (Å²) < 4.78 is 14.9. The van der Waals surface area contributed by atoms with Crippen LogP contribution in [0.3, 0.4) is 0 Å². The van der Waals surface area contributed by atoms with E-state index in [-0.39, 0.29) is 0 Å². The number of para-hydroxylation sites is 2. The van der Waals surface area contributed by atoms with Gasteiger partial charge in [0.15, 0.2) is 0 Å². The number of hydrogen-bond donors (Lipinski definition) is 2. The number of fused-ring (bicyclic) bond motifs is 6. The zero-order valence-electron chi connectivity index (χ0n) is 29.2. The molecule has 0 saturated carbocycles. The molecule has 1 aliphatic rings. The fourth-order valence-electron chi connectivity index (χ4n) is 6.87. The van der Waals surface area contributed by atoms with Gasteiger partial charge in [0.05, 0.1) is 22.4 Å². The summed E-state index contributed by atoms with van der Waals surface area (Å²) in [5.74, 6) is 0. The maximum atomic E-state index is 14.9. The molecule has 254 valence electrons. The minimum atomic E-state index is 0.469. The molecule has 8 aromatic rings. The van der Waals surface area contributed by atoms with Crippen LogP contribution in [0.5, 0.6) is 0 Å². The number of nitrogen functional groups attached to an aromatic ring is 1. The van der Waals surface area contributed by atoms with E-state index in [1.807, 2.05) is 141 Å². The molecule has 0 radical (unpaired) electrons. The lowest BCUT2D eigenvalue weighted by molar-refractivity contribution is 0.405. The summed E-state index contributed by atoms with van der Waals surface area (Å²) in [6, 6.07) is 47.7. The second kappa shape index (κ2) is 14.6. The van der Waals surface area contributed by atoms with E-state index in [1.54, 1.807) is 6.07 Å². The highest BCUT2D eigenvalue weighted by Crippen LogP contribution is 2.38. The molecule has 3 N–H and O–H groups in total. The van der Waals surface area contributed by atoms with E-state index in [9.17, 15) is 4.48 Å². The van der Waals surface area contributed by atoms with Gasteiger partial charge in [-0.15, -0.1) is 0 Å². The Balaban J connectivity index is 0.000000156. The third kappa shape index (κ3) is 6.14. The first kappa shape index (κ1) is 33.8. The Morgan fingerprint density at radius 3 is 2.08 bits per heavy atom. The first-order valence-corrected chi connectivity index (χ1v) is 17.5. The van der Waals surface area contributed by atoms with Gasteiger partial charge in [0.1, 0.15) is 0 Å². The van der Waals surface area contributed by atoms with Crippen molar-refractivity contribution >= 4 is 71.7 Å². The van der Waals surface area contributed by atoms with Gasteiger partial charge in [-0.25, -0.2) is 0 Å². The van der Waals surface area contributed by atoms with Gasteiger partial charge in [-0.3, -0.25) is 5.41 Å². The molecule has 0 atom stereocenters. The second-order valence-corrected chi connectivity index (χ2v) is 12.3. The number of benzene rings is 7. The number of allylic oxidation sites excluding steroid dienone is 4.